The maximum Gasteiger partial charge on any atom is 0.272 e. The van der Waals surface area contributed by atoms with Crippen molar-refractivity contribution in [3.63, 3.8) is 0 Å². The summed E-state index contributed by atoms with van der Waals surface area (Å²) < 4.78 is 7.21. The molecule has 0 unspecified atom stereocenters. The first-order valence-corrected chi connectivity index (χ1v) is 10.5. The molecule has 6 nitrogen and oxygen atoms in total. The predicted molar refractivity (Wildman–Crippen MR) is 112 cm³/mol. The van der Waals surface area contributed by atoms with Crippen molar-refractivity contribution in [1.82, 2.24) is 9.55 Å². The number of nitrogens with one attached hydrogen (secondary N) is 1. The summed E-state index contributed by atoms with van der Waals surface area (Å²) in [5.74, 6) is -0.147. The van der Waals surface area contributed by atoms with Crippen LogP contribution >= 0.6 is 46.3 Å². The van der Waals surface area contributed by atoms with Crippen molar-refractivity contribution in [3.8, 4) is 0 Å². The Bertz CT molecular complexity index is 1040. The van der Waals surface area contributed by atoms with Gasteiger partial charge in [-0.3, -0.25) is 14.2 Å². The Morgan fingerprint density at radius 2 is 2.15 bits per heavy atom. The van der Waals surface area contributed by atoms with E-state index in [1.807, 2.05) is 5.38 Å². The molecule has 2 aromatic heterocycles. The number of rotatable bonds is 7. The minimum absolute atomic E-state index is 0.0926. The van der Waals surface area contributed by atoms with Crippen molar-refractivity contribution in [2.24, 2.45) is 0 Å². The highest BCUT2D eigenvalue weighted by Crippen LogP contribution is 2.25. The third-order valence-electron chi connectivity index (χ3n) is 3.59. The van der Waals surface area contributed by atoms with Gasteiger partial charge in [-0.1, -0.05) is 35.0 Å². The predicted octanol–water partition coefficient (Wildman–Crippen LogP) is 4.14. The summed E-state index contributed by atoms with van der Waals surface area (Å²) in [6, 6.07) is 6.65. The molecule has 3 aromatic rings. The fourth-order valence-electron chi connectivity index (χ4n) is 2.31. The van der Waals surface area contributed by atoms with Crippen LogP contribution in [0.3, 0.4) is 0 Å². The van der Waals surface area contributed by atoms with E-state index in [2.05, 4.69) is 10.3 Å². The average molecular weight is 444 g/mol. The molecule has 0 saturated carbocycles. The van der Waals surface area contributed by atoms with Crippen molar-refractivity contribution >= 4 is 68.1 Å². The van der Waals surface area contributed by atoms with Crippen LogP contribution in [-0.4, -0.2) is 34.9 Å². The summed E-state index contributed by atoms with van der Waals surface area (Å²) >= 11 is 14.4. The Morgan fingerprint density at radius 1 is 1.33 bits per heavy atom. The van der Waals surface area contributed by atoms with Crippen LogP contribution in [0.4, 0.5) is 5.69 Å². The van der Waals surface area contributed by atoms with Crippen LogP contribution < -0.4 is 10.9 Å². The molecular formula is C17H15Cl2N3O3S2. The molecule has 0 aliphatic heterocycles. The van der Waals surface area contributed by atoms with Gasteiger partial charge in [-0.15, -0.1) is 11.3 Å². The van der Waals surface area contributed by atoms with Crippen LogP contribution in [0.25, 0.3) is 10.2 Å². The first-order valence-electron chi connectivity index (χ1n) is 7.84. The van der Waals surface area contributed by atoms with Gasteiger partial charge < -0.3 is 10.1 Å². The number of aromatic nitrogens is 2. The molecule has 0 radical (unpaired) electrons. The Hall–Kier alpha value is -1.58. The van der Waals surface area contributed by atoms with Crippen LogP contribution in [-0.2, 0) is 16.1 Å². The van der Waals surface area contributed by atoms with Crippen LogP contribution in [0.2, 0.25) is 10.0 Å². The molecular weight excluding hydrogens is 429 g/mol. The highest BCUT2D eigenvalue weighted by Gasteiger charge is 2.14. The zero-order valence-corrected chi connectivity index (χ0v) is 17.3. The van der Waals surface area contributed by atoms with Gasteiger partial charge in [0.1, 0.15) is 4.70 Å². The number of carbonyl (C=O) groups excluding carboxylic acids is 1. The lowest BCUT2D eigenvalue weighted by Crippen LogP contribution is -2.25. The topological polar surface area (TPSA) is 73.2 Å². The number of fused-ring (bicyclic) bond motifs is 1. The van der Waals surface area contributed by atoms with E-state index in [0.717, 1.165) is 0 Å². The van der Waals surface area contributed by atoms with Crippen LogP contribution in [0, 0.1) is 0 Å². The molecule has 1 amide bonds. The van der Waals surface area contributed by atoms with Crippen molar-refractivity contribution in [1.29, 1.82) is 0 Å². The molecule has 0 aliphatic rings. The number of thiophene rings is 1. The smallest absolute Gasteiger partial charge is 0.272 e. The molecule has 1 aromatic carbocycles. The maximum atomic E-state index is 12.7. The Balaban J connectivity index is 1.76. The lowest BCUT2D eigenvalue weighted by Gasteiger charge is -2.11. The zero-order chi connectivity index (χ0) is 19.4. The Labute approximate surface area is 173 Å². The SMILES string of the molecule is COCCn1c(SCC(=O)Nc2ccc(Cl)c(Cl)c2)nc2ccsc2c1=O. The number of thioether (sulfide) groups is 1. The van der Waals surface area contributed by atoms with Gasteiger partial charge in [0.2, 0.25) is 5.91 Å². The standard InChI is InChI=1S/C17H15Cl2N3O3S2/c1-25-6-5-22-16(24)15-13(4-7-26-15)21-17(22)27-9-14(23)20-10-2-3-11(18)12(19)8-10/h2-4,7-8H,5-6,9H2,1H3,(H,20,23). The second-order valence-corrected chi connectivity index (χ2v) is 8.12. The molecule has 27 heavy (non-hydrogen) atoms. The first kappa shape index (κ1) is 20.2. The summed E-state index contributed by atoms with van der Waals surface area (Å²) in [4.78, 5) is 29.4. The Morgan fingerprint density at radius 3 is 2.89 bits per heavy atom. The molecule has 0 aliphatic carbocycles. The van der Waals surface area contributed by atoms with E-state index >= 15 is 0 Å². The molecule has 0 bridgehead atoms. The number of carbonyl (C=O) groups is 1. The minimum Gasteiger partial charge on any atom is -0.383 e. The van der Waals surface area contributed by atoms with Crippen LogP contribution in [0.5, 0.6) is 0 Å². The lowest BCUT2D eigenvalue weighted by atomic mass is 10.3. The quantitative estimate of drug-likeness (QED) is 0.438. The number of hydrogen-bond donors (Lipinski definition) is 1. The highest BCUT2D eigenvalue weighted by molar-refractivity contribution is 7.99. The fraction of sp³-hybridized carbons (Fsp3) is 0.235. The normalized spacial score (nSPS) is 11.1. The van der Waals surface area contributed by atoms with Crippen molar-refractivity contribution in [3.05, 3.63) is 50.0 Å². The lowest BCUT2D eigenvalue weighted by molar-refractivity contribution is -0.113. The molecule has 3 rings (SSSR count). The molecule has 142 valence electrons. The van der Waals surface area contributed by atoms with Gasteiger partial charge in [-0.25, -0.2) is 4.98 Å². The minimum atomic E-state index is -0.239. The van der Waals surface area contributed by atoms with E-state index in [4.69, 9.17) is 27.9 Å². The molecule has 0 atom stereocenters. The fourth-order valence-corrected chi connectivity index (χ4v) is 4.22. The van der Waals surface area contributed by atoms with E-state index < -0.39 is 0 Å². The van der Waals surface area contributed by atoms with Gasteiger partial charge in [0.25, 0.3) is 5.56 Å². The number of benzene rings is 1. The van der Waals surface area contributed by atoms with Gasteiger partial charge in [-0.2, -0.15) is 0 Å². The van der Waals surface area contributed by atoms with E-state index in [9.17, 15) is 9.59 Å². The van der Waals surface area contributed by atoms with Gasteiger partial charge in [-0.05, 0) is 29.6 Å². The number of methoxy groups -OCH3 is 1. The largest absolute Gasteiger partial charge is 0.383 e. The van der Waals surface area contributed by atoms with Gasteiger partial charge >= 0.3 is 0 Å². The zero-order valence-electron chi connectivity index (χ0n) is 14.2. The second-order valence-electron chi connectivity index (χ2n) is 5.44. The van der Waals surface area contributed by atoms with Crippen LogP contribution in [0.15, 0.2) is 39.6 Å². The number of halogens is 2. The maximum absolute atomic E-state index is 12.7. The summed E-state index contributed by atoms with van der Waals surface area (Å²) in [7, 11) is 1.57. The molecule has 10 heteroatoms. The summed E-state index contributed by atoms with van der Waals surface area (Å²) in [6.07, 6.45) is 0. The highest BCUT2D eigenvalue weighted by atomic mass is 35.5. The molecule has 0 saturated heterocycles. The van der Waals surface area contributed by atoms with E-state index in [1.165, 1.54) is 23.1 Å². The average Bonchev–Trinajstić information content (AvgIpc) is 3.11. The van der Waals surface area contributed by atoms with E-state index in [0.29, 0.717) is 44.3 Å². The van der Waals surface area contributed by atoms with E-state index in [1.54, 1.807) is 35.9 Å². The van der Waals surface area contributed by atoms with Crippen LogP contribution in [0.1, 0.15) is 0 Å². The summed E-state index contributed by atoms with van der Waals surface area (Å²) in [5.41, 5.74) is 1.05. The third kappa shape index (κ3) is 4.83. The number of ether oxygens (including phenoxy) is 1. The van der Waals surface area contributed by atoms with Crippen molar-refractivity contribution < 1.29 is 9.53 Å². The number of amides is 1. The molecule has 2 heterocycles. The summed E-state index contributed by atoms with van der Waals surface area (Å²) in [5, 5.41) is 5.83. The number of hydrogen-bond acceptors (Lipinski definition) is 6. The monoisotopic (exact) mass is 443 g/mol. The number of anilines is 1. The molecule has 1 N–H and O–H groups in total. The molecule has 0 spiro atoms. The number of nitrogens with zero attached hydrogens (tertiary/aromatic N) is 2. The molecule has 0 fully saturated rings. The van der Waals surface area contributed by atoms with Crippen molar-refractivity contribution in [2.45, 2.75) is 11.7 Å². The van der Waals surface area contributed by atoms with Gasteiger partial charge in [0, 0.05) is 12.8 Å². The Kier molecular flexibility index (Phi) is 6.78. The third-order valence-corrected chi connectivity index (χ3v) is 6.19. The summed E-state index contributed by atoms with van der Waals surface area (Å²) in [6.45, 7) is 0.744. The van der Waals surface area contributed by atoms with Crippen molar-refractivity contribution in [2.75, 3.05) is 24.8 Å². The second kappa shape index (κ2) is 9.07. The van der Waals surface area contributed by atoms with Gasteiger partial charge in [0.05, 0.1) is 34.5 Å². The van der Waals surface area contributed by atoms with Gasteiger partial charge in [0.15, 0.2) is 5.16 Å². The van der Waals surface area contributed by atoms with E-state index in [-0.39, 0.29) is 17.2 Å². The first-order chi connectivity index (χ1) is 13.0.